The van der Waals surface area contributed by atoms with Gasteiger partial charge in [-0.2, -0.15) is 4.99 Å². The molecule has 1 amide bonds. The Hall–Kier alpha value is -3.56. The van der Waals surface area contributed by atoms with Crippen molar-refractivity contribution in [3.63, 3.8) is 0 Å². The molecular formula is C24H26F2N6O3S. The second-order valence-electron chi connectivity index (χ2n) is 8.03. The lowest BCUT2D eigenvalue weighted by molar-refractivity contribution is 0.100. The van der Waals surface area contributed by atoms with Crippen LogP contribution in [-0.2, 0) is 4.74 Å². The van der Waals surface area contributed by atoms with Crippen LogP contribution in [0.3, 0.4) is 0 Å². The van der Waals surface area contributed by atoms with Crippen LogP contribution in [0.5, 0.6) is 5.75 Å². The van der Waals surface area contributed by atoms with Crippen LogP contribution >= 0.6 is 11.8 Å². The van der Waals surface area contributed by atoms with Gasteiger partial charge in [0.1, 0.15) is 22.3 Å². The van der Waals surface area contributed by atoms with Crippen LogP contribution in [0.4, 0.5) is 14.6 Å². The summed E-state index contributed by atoms with van der Waals surface area (Å²) < 4.78 is 37.7. The maximum absolute atomic E-state index is 13.5. The number of morpholine rings is 1. The molecule has 3 N–H and O–H groups in total. The molecule has 0 aromatic carbocycles. The minimum Gasteiger partial charge on any atom is -0.494 e. The number of amidine groups is 1. The average molecular weight is 517 g/mol. The molecule has 3 heterocycles. The molecule has 0 radical (unpaired) electrons. The quantitative estimate of drug-likeness (QED) is 0.350. The normalized spacial score (nSPS) is 15.9. The number of nitrogens with two attached hydrogens (primary N) is 1. The summed E-state index contributed by atoms with van der Waals surface area (Å²) in [5.74, 6) is 5.98. The number of methoxy groups -OCH3 is 1. The topological polar surface area (TPSA) is 127 Å². The lowest BCUT2D eigenvalue weighted by Crippen LogP contribution is -2.36. The largest absolute Gasteiger partial charge is 0.494 e. The highest BCUT2D eigenvalue weighted by Gasteiger charge is 2.23. The Morgan fingerprint density at radius 3 is 2.72 bits per heavy atom. The van der Waals surface area contributed by atoms with Gasteiger partial charge >= 0.3 is 0 Å². The van der Waals surface area contributed by atoms with Crippen molar-refractivity contribution in [3.8, 4) is 28.7 Å². The maximum atomic E-state index is 13.5. The van der Waals surface area contributed by atoms with E-state index in [9.17, 15) is 13.6 Å². The molecule has 1 aliphatic heterocycles. The number of ether oxygens (including phenoxy) is 2. The third kappa shape index (κ3) is 6.35. The van der Waals surface area contributed by atoms with Gasteiger partial charge in [0, 0.05) is 37.8 Å². The number of aromatic nitrogens is 2. The molecule has 9 nitrogen and oxygen atoms in total. The molecule has 0 bridgehead atoms. The Kier molecular flexibility index (Phi) is 8.12. The summed E-state index contributed by atoms with van der Waals surface area (Å²) in [4.78, 5) is 27.2. The molecule has 2 aromatic rings. The highest BCUT2D eigenvalue weighted by Crippen LogP contribution is 2.36. The minimum atomic E-state index is -2.82. The molecule has 1 saturated carbocycles. The molecule has 0 atom stereocenters. The lowest BCUT2D eigenvalue weighted by Gasteiger charge is -2.28. The Morgan fingerprint density at radius 2 is 2.06 bits per heavy atom. The number of thioether (sulfide) groups is 1. The second-order valence-corrected chi connectivity index (χ2v) is 9.06. The van der Waals surface area contributed by atoms with Crippen LogP contribution in [0.2, 0.25) is 0 Å². The Labute approximate surface area is 212 Å². The summed E-state index contributed by atoms with van der Waals surface area (Å²) in [6, 6.07) is 2.82. The third-order valence-electron chi connectivity index (χ3n) is 5.46. The molecule has 2 aromatic heterocycles. The first-order valence-corrected chi connectivity index (χ1v) is 12.0. The Bertz CT molecular complexity index is 1260. The first kappa shape index (κ1) is 25.5. The summed E-state index contributed by atoms with van der Waals surface area (Å²) in [6.45, 7) is 2.20. The van der Waals surface area contributed by atoms with Gasteiger partial charge in [0.15, 0.2) is 5.17 Å². The van der Waals surface area contributed by atoms with E-state index < -0.39 is 18.0 Å². The smallest absolute Gasteiger partial charge is 0.281 e. The van der Waals surface area contributed by atoms with Gasteiger partial charge in [0.05, 0.1) is 32.1 Å². The number of nitrogens with one attached hydrogen (secondary N) is 1. The molecular weight excluding hydrogens is 490 g/mol. The number of pyridine rings is 2. The van der Waals surface area contributed by atoms with Crippen LogP contribution < -0.4 is 15.4 Å². The van der Waals surface area contributed by atoms with Gasteiger partial charge in [-0.25, -0.2) is 13.8 Å². The molecule has 1 aliphatic carbocycles. The number of carbonyl (C=O) groups is 1. The van der Waals surface area contributed by atoms with Gasteiger partial charge in [0.2, 0.25) is 0 Å². The molecule has 190 valence electrons. The SMILES string of the molecule is COc1cnc(C(F)F)cc1-c1cc(N2CCOCC2)ncc1C(=O)N=C(N)SC(=N)C#CC1CC1.[HH]. The van der Waals surface area contributed by atoms with Gasteiger partial charge in [-0.15, -0.1) is 0 Å². The number of halogens is 2. The number of carbonyl (C=O) groups excluding carboxylic acids is 1. The van der Waals surface area contributed by atoms with Gasteiger partial charge < -0.3 is 20.1 Å². The first-order valence-electron chi connectivity index (χ1n) is 11.2. The number of amides is 1. The predicted molar refractivity (Wildman–Crippen MR) is 136 cm³/mol. The van der Waals surface area contributed by atoms with Gasteiger partial charge in [0.25, 0.3) is 12.3 Å². The van der Waals surface area contributed by atoms with E-state index in [-0.39, 0.29) is 28.5 Å². The molecule has 0 unspecified atom stereocenters. The number of nitrogens with zero attached hydrogens (tertiary/aromatic N) is 4. The van der Waals surface area contributed by atoms with Gasteiger partial charge in [-0.05, 0) is 42.7 Å². The summed E-state index contributed by atoms with van der Waals surface area (Å²) >= 11 is 0.774. The second kappa shape index (κ2) is 11.5. The van der Waals surface area contributed by atoms with E-state index in [0.717, 1.165) is 24.6 Å². The fourth-order valence-corrected chi connectivity index (χ4v) is 3.91. The maximum Gasteiger partial charge on any atom is 0.281 e. The fourth-order valence-electron chi connectivity index (χ4n) is 3.46. The first-order chi connectivity index (χ1) is 17.4. The molecule has 12 heteroatoms. The van der Waals surface area contributed by atoms with E-state index in [2.05, 4.69) is 26.8 Å². The Balaban J connectivity index is 0.00000380. The highest BCUT2D eigenvalue weighted by atomic mass is 32.2. The predicted octanol–water partition coefficient (Wildman–Crippen LogP) is 3.75. The van der Waals surface area contributed by atoms with Crippen molar-refractivity contribution in [2.24, 2.45) is 16.6 Å². The van der Waals surface area contributed by atoms with Crippen LogP contribution in [-0.4, -0.2) is 59.5 Å². The summed E-state index contributed by atoms with van der Waals surface area (Å²) in [5, 5.41) is 7.74. The number of anilines is 1. The number of hydrogen-bond acceptors (Lipinski definition) is 8. The minimum absolute atomic E-state index is 0. The summed E-state index contributed by atoms with van der Waals surface area (Å²) in [7, 11) is 1.38. The number of hydrogen-bond donors (Lipinski definition) is 2. The van der Waals surface area contributed by atoms with Crippen molar-refractivity contribution in [2.45, 2.75) is 19.3 Å². The van der Waals surface area contributed by atoms with E-state index in [0.29, 0.717) is 43.6 Å². The molecule has 2 fully saturated rings. The van der Waals surface area contributed by atoms with E-state index >= 15 is 0 Å². The van der Waals surface area contributed by atoms with E-state index in [1.807, 2.05) is 4.90 Å². The average Bonchev–Trinajstić information content (AvgIpc) is 3.71. The third-order valence-corrected chi connectivity index (χ3v) is 6.07. The molecule has 0 spiro atoms. The molecule has 4 rings (SSSR count). The van der Waals surface area contributed by atoms with Crippen molar-refractivity contribution < 1.29 is 24.5 Å². The Morgan fingerprint density at radius 1 is 1.31 bits per heavy atom. The zero-order valence-electron chi connectivity index (χ0n) is 19.5. The van der Waals surface area contributed by atoms with Crippen molar-refractivity contribution in [1.29, 1.82) is 5.41 Å². The van der Waals surface area contributed by atoms with Crippen LogP contribution in [0.1, 0.15) is 36.7 Å². The molecule has 36 heavy (non-hydrogen) atoms. The standard InChI is InChI=1S/C24H24F2N6O3S.H2/c1-34-19-13-29-18(22(25)26)10-16(19)15-11-21(32-6-8-35-9-7-32)30-12-17(15)23(33)31-24(28)36-20(27)5-4-14-2-3-14;/h10-14,22,27H,2-3,6-9H2,1H3,(H2,28,31,33);1H. The number of rotatable bonds is 5. The van der Waals surface area contributed by atoms with Gasteiger partial charge in [-0.3, -0.25) is 15.2 Å². The van der Waals surface area contributed by atoms with Crippen molar-refractivity contribution in [3.05, 3.63) is 35.8 Å². The van der Waals surface area contributed by atoms with Crippen molar-refractivity contribution >= 4 is 33.7 Å². The van der Waals surface area contributed by atoms with E-state index in [1.54, 1.807) is 6.07 Å². The number of aliphatic imine (C=N–C) groups is 1. The zero-order valence-corrected chi connectivity index (χ0v) is 20.3. The summed E-state index contributed by atoms with van der Waals surface area (Å²) in [6.07, 6.45) is 1.75. The summed E-state index contributed by atoms with van der Waals surface area (Å²) in [5.41, 5.74) is 6.01. The van der Waals surface area contributed by atoms with Crippen LogP contribution in [0, 0.1) is 23.2 Å². The van der Waals surface area contributed by atoms with Crippen molar-refractivity contribution in [1.82, 2.24) is 9.97 Å². The van der Waals surface area contributed by atoms with Crippen LogP contribution in [0.25, 0.3) is 11.1 Å². The fraction of sp³-hybridized carbons (Fsp3) is 0.375. The van der Waals surface area contributed by atoms with E-state index in [4.69, 9.17) is 20.6 Å². The lowest BCUT2D eigenvalue weighted by atomic mass is 10.00. The van der Waals surface area contributed by atoms with Crippen LogP contribution in [0.15, 0.2) is 29.5 Å². The van der Waals surface area contributed by atoms with Gasteiger partial charge in [-0.1, -0.05) is 5.92 Å². The zero-order chi connectivity index (χ0) is 25.7. The number of alkyl halides is 2. The van der Waals surface area contributed by atoms with Crippen molar-refractivity contribution in [2.75, 3.05) is 38.3 Å². The molecule has 2 aliphatic rings. The van der Waals surface area contributed by atoms with E-state index in [1.165, 1.54) is 25.6 Å². The highest BCUT2D eigenvalue weighted by molar-refractivity contribution is 8.26. The monoisotopic (exact) mass is 516 g/mol. The molecule has 1 saturated heterocycles.